The summed E-state index contributed by atoms with van der Waals surface area (Å²) in [6.45, 7) is 3.39. The lowest BCUT2D eigenvalue weighted by Gasteiger charge is -2.25. The van der Waals surface area contributed by atoms with Crippen molar-refractivity contribution in [3.8, 4) is 0 Å². The van der Waals surface area contributed by atoms with Crippen LogP contribution in [0.25, 0.3) is 0 Å². The van der Waals surface area contributed by atoms with E-state index in [-0.39, 0.29) is 12.1 Å². The van der Waals surface area contributed by atoms with E-state index in [0.717, 1.165) is 12.8 Å². The zero-order valence-corrected chi connectivity index (χ0v) is 5.46. The maximum atomic E-state index is 10.2. The average Bonchev–Trinajstić information content (AvgIpc) is 1.89. The zero-order valence-electron chi connectivity index (χ0n) is 5.46. The minimum absolute atomic E-state index is 0.0382. The van der Waals surface area contributed by atoms with Crippen LogP contribution in [-0.4, -0.2) is 31.6 Å². The van der Waals surface area contributed by atoms with Gasteiger partial charge in [-0.1, -0.05) is 0 Å². The highest BCUT2D eigenvalue weighted by Gasteiger charge is 2.19. The van der Waals surface area contributed by atoms with Gasteiger partial charge in [-0.2, -0.15) is 0 Å². The van der Waals surface area contributed by atoms with Crippen LogP contribution in [0.5, 0.6) is 0 Å². The minimum atomic E-state index is -0.0984. The molecule has 2 atom stereocenters. The quantitative estimate of drug-likeness (QED) is 0.488. The van der Waals surface area contributed by atoms with Gasteiger partial charge in [0, 0.05) is 6.54 Å². The first-order valence-electron chi connectivity index (χ1n) is 3.15. The second-order valence-corrected chi connectivity index (χ2v) is 2.19. The van der Waals surface area contributed by atoms with Crippen LogP contribution >= 0.6 is 0 Å². The summed E-state index contributed by atoms with van der Waals surface area (Å²) >= 11 is 0. The maximum Gasteiger partial charge on any atom is 0.139 e. The van der Waals surface area contributed by atoms with Gasteiger partial charge in [0.15, 0.2) is 0 Å². The molecule has 2 unspecified atom stereocenters. The van der Waals surface area contributed by atoms with E-state index in [1.807, 2.05) is 6.92 Å². The second kappa shape index (κ2) is 2.94. The van der Waals surface area contributed by atoms with Crippen molar-refractivity contribution in [1.82, 2.24) is 5.32 Å². The topological polar surface area (TPSA) is 38.3 Å². The highest BCUT2D eigenvalue weighted by Crippen LogP contribution is 1.99. The number of nitrogens with one attached hydrogen (secondary N) is 1. The molecule has 0 aromatic rings. The van der Waals surface area contributed by atoms with Gasteiger partial charge in [0.05, 0.1) is 18.8 Å². The molecule has 3 heteroatoms. The second-order valence-electron chi connectivity index (χ2n) is 2.19. The highest BCUT2D eigenvalue weighted by molar-refractivity contribution is 5.58. The zero-order chi connectivity index (χ0) is 6.69. The predicted octanol–water partition coefficient (Wildman–Crippen LogP) is -0.438. The SMILES string of the molecule is CC1OCCNC1C=O. The molecular weight excluding hydrogens is 118 g/mol. The van der Waals surface area contributed by atoms with Crippen molar-refractivity contribution in [3.63, 3.8) is 0 Å². The summed E-state index contributed by atoms with van der Waals surface area (Å²) in [6, 6.07) is -0.0984. The third-order valence-corrected chi connectivity index (χ3v) is 1.52. The normalized spacial score (nSPS) is 36.1. The lowest BCUT2D eigenvalue weighted by Crippen LogP contribution is -2.47. The summed E-state index contributed by atoms with van der Waals surface area (Å²) in [4.78, 5) is 10.2. The smallest absolute Gasteiger partial charge is 0.139 e. The standard InChI is InChI=1S/C6H11NO2/c1-5-6(4-8)7-2-3-9-5/h4-7H,2-3H2,1H3. The van der Waals surface area contributed by atoms with Gasteiger partial charge in [-0.15, -0.1) is 0 Å². The summed E-state index contributed by atoms with van der Waals surface area (Å²) in [5.41, 5.74) is 0. The molecule has 0 bridgehead atoms. The monoisotopic (exact) mass is 129 g/mol. The Bertz CT molecular complexity index is 105. The third-order valence-electron chi connectivity index (χ3n) is 1.52. The summed E-state index contributed by atoms with van der Waals surface area (Å²) in [5, 5.41) is 3.03. The molecule has 0 aliphatic carbocycles. The lowest BCUT2D eigenvalue weighted by atomic mass is 10.2. The largest absolute Gasteiger partial charge is 0.375 e. The minimum Gasteiger partial charge on any atom is -0.375 e. The molecule has 9 heavy (non-hydrogen) atoms. The molecule has 1 fully saturated rings. The van der Waals surface area contributed by atoms with Crippen LogP contribution in [0.1, 0.15) is 6.92 Å². The predicted molar refractivity (Wildman–Crippen MR) is 33.3 cm³/mol. The molecule has 0 saturated carbocycles. The molecule has 1 heterocycles. The van der Waals surface area contributed by atoms with Crippen LogP contribution in [0.3, 0.4) is 0 Å². The molecule has 1 aliphatic rings. The number of hydrogen-bond donors (Lipinski definition) is 1. The van der Waals surface area contributed by atoms with Crippen LogP contribution in [0.15, 0.2) is 0 Å². The van der Waals surface area contributed by atoms with Gasteiger partial charge in [0.1, 0.15) is 6.29 Å². The molecule has 0 amide bonds. The molecule has 0 aromatic carbocycles. The summed E-state index contributed by atoms with van der Waals surface area (Å²) in [6.07, 6.45) is 0.931. The fourth-order valence-corrected chi connectivity index (χ4v) is 0.899. The maximum absolute atomic E-state index is 10.2. The van der Waals surface area contributed by atoms with Crippen LogP contribution in [0.2, 0.25) is 0 Å². The van der Waals surface area contributed by atoms with Crippen molar-refractivity contribution in [3.05, 3.63) is 0 Å². The number of carbonyl (C=O) groups is 1. The van der Waals surface area contributed by atoms with Gasteiger partial charge in [0.25, 0.3) is 0 Å². The Balaban J connectivity index is 2.38. The van der Waals surface area contributed by atoms with E-state index in [0.29, 0.717) is 6.61 Å². The Labute approximate surface area is 54.4 Å². The molecule has 52 valence electrons. The molecule has 1 rings (SSSR count). The van der Waals surface area contributed by atoms with E-state index >= 15 is 0 Å². The van der Waals surface area contributed by atoms with E-state index in [1.54, 1.807) is 0 Å². The molecular formula is C6H11NO2. The van der Waals surface area contributed by atoms with Crippen LogP contribution in [0.4, 0.5) is 0 Å². The van der Waals surface area contributed by atoms with Crippen LogP contribution in [0, 0.1) is 0 Å². The number of morpholine rings is 1. The molecule has 0 radical (unpaired) electrons. The van der Waals surface area contributed by atoms with Gasteiger partial charge < -0.3 is 14.8 Å². The Morgan fingerprint density at radius 1 is 1.78 bits per heavy atom. The van der Waals surface area contributed by atoms with Crippen molar-refractivity contribution in [2.24, 2.45) is 0 Å². The average molecular weight is 129 g/mol. The Morgan fingerprint density at radius 3 is 3.00 bits per heavy atom. The highest BCUT2D eigenvalue weighted by atomic mass is 16.5. The fourth-order valence-electron chi connectivity index (χ4n) is 0.899. The summed E-state index contributed by atoms with van der Waals surface area (Å²) in [7, 11) is 0. The van der Waals surface area contributed by atoms with E-state index in [4.69, 9.17) is 4.74 Å². The molecule has 1 aliphatic heterocycles. The van der Waals surface area contributed by atoms with Gasteiger partial charge >= 0.3 is 0 Å². The van der Waals surface area contributed by atoms with Gasteiger partial charge in [-0.3, -0.25) is 0 Å². The Kier molecular flexibility index (Phi) is 2.19. The first-order chi connectivity index (χ1) is 4.34. The van der Waals surface area contributed by atoms with E-state index in [2.05, 4.69) is 5.32 Å². The summed E-state index contributed by atoms with van der Waals surface area (Å²) < 4.78 is 5.19. The number of carbonyl (C=O) groups excluding carboxylic acids is 1. The van der Waals surface area contributed by atoms with Crippen molar-refractivity contribution in [2.75, 3.05) is 13.2 Å². The Morgan fingerprint density at radius 2 is 2.56 bits per heavy atom. The van der Waals surface area contributed by atoms with Crippen molar-refractivity contribution < 1.29 is 9.53 Å². The van der Waals surface area contributed by atoms with Crippen LogP contribution in [-0.2, 0) is 9.53 Å². The molecule has 0 spiro atoms. The lowest BCUT2D eigenvalue weighted by molar-refractivity contribution is -0.114. The number of rotatable bonds is 1. The summed E-state index contributed by atoms with van der Waals surface area (Å²) in [5.74, 6) is 0. The number of hydrogen-bond acceptors (Lipinski definition) is 3. The first-order valence-corrected chi connectivity index (χ1v) is 3.15. The molecule has 1 saturated heterocycles. The molecule has 3 nitrogen and oxygen atoms in total. The molecule has 1 N–H and O–H groups in total. The number of aldehydes is 1. The van der Waals surface area contributed by atoms with Crippen molar-refractivity contribution in [1.29, 1.82) is 0 Å². The Hall–Kier alpha value is -0.410. The van der Waals surface area contributed by atoms with Gasteiger partial charge in [-0.25, -0.2) is 0 Å². The first kappa shape index (κ1) is 6.71. The number of ether oxygens (including phenoxy) is 1. The van der Waals surface area contributed by atoms with Crippen molar-refractivity contribution >= 4 is 6.29 Å². The van der Waals surface area contributed by atoms with E-state index < -0.39 is 0 Å². The van der Waals surface area contributed by atoms with E-state index in [9.17, 15) is 4.79 Å². The van der Waals surface area contributed by atoms with Gasteiger partial charge in [0.2, 0.25) is 0 Å². The third kappa shape index (κ3) is 1.50. The van der Waals surface area contributed by atoms with Gasteiger partial charge in [-0.05, 0) is 6.92 Å². The van der Waals surface area contributed by atoms with Crippen LogP contribution < -0.4 is 5.32 Å². The fraction of sp³-hybridized carbons (Fsp3) is 0.833. The van der Waals surface area contributed by atoms with Crippen molar-refractivity contribution in [2.45, 2.75) is 19.1 Å². The van der Waals surface area contributed by atoms with E-state index in [1.165, 1.54) is 0 Å². The molecule has 0 aromatic heterocycles.